The molecule has 4 aromatic heterocycles. The van der Waals surface area contributed by atoms with Crippen molar-refractivity contribution in [2.24, 2.45) is 7.05 Å². The molecular formula is C18H14F6N8O. The summed E-state index contributed by atoms with van der Waals surface area (Å²) in [5.74, 6) is 0.139. The molecule has 0 amide bonds. The first-order chi connectivity index (χ1) is 15.4. The Labute approximate surface area is 180 Å². The van der Waals surface area contributed by atoms with E-state index < -0.39 is 30.2 Å². The molecule has 4 rings (SSSR count). The highest BCUT2D eigenvalue weighted by Crippen LogP contribution is 2.44. The molecule has 0 bridgehead atoms. The van der Waals surface area contributed by atoms with Crippen LogP contribution in [0.1, 0.15) is 5.82 Å². The zero-order chi connectivity index (χ0) is 24.0. The monoisotopic (exact) mass is 472 g/mol. The smallest absolute Gasteiger partial charge is 0.373 e. The van der Waals surface area contributed by atoms with Gasteiger partial charge in [-0.05, 0) is 18.2 Å². The van der Waals surface area contributed by atoms with Crippen molar-refractivity contribution in [3.8, 4) is 11.3 Å². The molecule has 4 heterocycles. The van der Waals surface area contributed by atoms with Gasteiger partial charge in [0.2, 0.25) is 5.95 Å². The van der Waals surface area contributed by atoms with E-state index in [0.29, 0.717) is 17.1 Å². The normalized spacial score (nSPS) is 13.0. The number of halogens is 6. The lowest BCUT2D eigenvalue weighted by Gasteiger charge is -2.31. The molecule has 4 aromatic rings. The van der Waals surface area contributed by atoms with Gasteiger partial charge in [-0.15, -0.1) is 10.2 Å². The minimum Gasteiger partial charge on any atom is -0.373 e. The number of aromatic nitrogens is 7. The Morgan fingerprint density at radius 1 is 1.00 bits per heavy atom. The number of alkyl halides is 6. The predicted octanol–water partition coefficient (Wildman–Crippen LogP) is 3.06. The second kappa shape index (κ2) is 7.68. The van der Waals surface area contributed by atoms with Gasteiger partial charge in [0.1, 0.15) is 11.6 Å². The maximum atomic E-state index is 13.0. The van der Waals surface area contributed by atoms with Crippen molar-refractivity contribution in [2.45, 2.75) is 24.4 Å². The summed E-state index contributed by atoms with van der Waals surface area (Å²) in [4.78, 5) is 8.43. The second-order valence-electron chi connectivity index (χ2n) is 7.02. The van der Waals surface area contributed by atoms with Crippen LogP contribution in [0.2, 0.25) is 0 Å². The van der Waals surface area contributed by atoms with Gasteiger partial charge in [-0.2, -0.15) is 31.4 Å². The van der Waals surface area contributed by atoms with Gasteiger partial charge in [0.25, 0.3) is 5.60 Å². The zero-order valence-corrected chi connectivity index (χ0v) is 16.6. The molecule has 33 heavy (non-hydrogen) atoms. The molecule has 0 aliphatic rings. The fraction of sp³-hybridized carbons (Fsp3) is 0.278. The maximum Gasteiger partial charge on any atom is 0.426 e. The van der Waals surface area contributed by atoms with Gasteiger partial charge >= 0.3 is 12.4 Å². The number of aryl methyl sites for hydroxylation is 1. The fourth-order valence-corrected chi connectivity index (χ4v) is 3.00. The quantitative estimate of drug-likeness (QED) is 0.430. The number of aliphatic hydroxyl groups is 1. The molecule has 0 aliphatic carbocycles. The van der Waals surface area contributed by atoms with Gasteiger partial charge in [-0.1, -0.05) is 0 Å². The molecule has 0 fully saturated rings. The largest absolute Gasteiger partial charge is 0.426 e. The zero-order valence-electron chi connectivity index (χ0n) is 16.6. The van der Waals surface area contributed by atoms with Gasteiger partial charge in [0, 0.05) is 31.1 Å². The van der Waals surface area contributed by atoms with Gasteiger partial charge in [0.15, 0.2) is 5.65 Å². The molecule has 0 unspecified atom stereocenters. The molecule has 0 aromatic carbocycles. The molecule has 2 N–H and O–H groups in total. The Kier molecular flexibility index (Phi) is 5.23. The standard InChI is InChI=1S/C18H14F6N8O/c1-31-12(3-6-26-31)28-15-25-5-2-11(27-15)10-4-7-32-13(8-10)29-30-14(32)9-16(33,17(19,20)21)18(22,23)24/h2-8,33H,9H2,1H3,(H,25,27,28). The summed E-state index contributed by atoms with van der Waals surface area (Å²) in [5.41, 5.74) is -4.14. The topological polar surface area (TPSA) is 106 Å². The summed E-state index contributed by atoms with van der Waals surface area (Å²) in [5, 5.41) is 23.5. The Balaban J connectivity index is 1.65. The molecule has 0 radical (unpaired) electrons. The minimum absolute atomic E-state index is 0.0334. The molecule has 174 valence electrons. The van der Waals surface area contributed by atoms with E-state index in [1.54, 1.807) is 30.1 Å². The van der Waals surface area contributed by atoms with Gasteiger partial charge in [-0.25, -0.2) is 9.97 Å². The summed E-state index contributed by atoms with van der Waals surface area (Å²) in [6.45, 7) is 0. The molecular weight excluding hydrogens is 458 g/mol. The van der Waals surface area contributed by atoms with Crippen LogP contribution in [-0.4, -0.2) is 57.4 Å². The summed E-state index contributed by atoms with van der Waals surface area (Å²) in [7, 11) is 1.71. The first-order valence-corrected chi connectivity index (χ1v) is 9.17. The van der Waals surface area contributed by atoms with Crippen LogP contribution >= 0.6 is 0 Å². The van der Waals surface area contributed by atoms with E-state index in [4.69, 9.17) is 0 Å². The van der Waals surface area contributed by atoms with Crippen LogP contribution in [0.4, 0.5) is 38.1 Å². The van der Waals surface area contributed by atoms with Crippen LogP contribution in [0.5, 0.6) is 0 Å². The number of nitrogens with zero attached hydrogens (tertiary/aromatic N) is 7. The second-order valence-corrected chi connectivity index (χ2v) is 7.02. The third kappa shape index (κ3) is 4.06. The van der Waals surface area contributed by atoms with Crippen molar-refractivity contribution in [1.29, 1.82) is 0 Å². The summed E-state index contributed by atoms with van der Waals surface area (Å²) in [6.07, 6.45) is -9.55. The average molecular weight is 472 g/mol. The number of rotatable bonds is 5. The number of hydrogen-bond donors (Lipinski definition) is 2. The van der Waals surface area contributed by atoms with Crippen molar-refractivity contribution in [1.82, 2.24) is 34.3 Å². The molecule has 0 saturated heterocycles. The highest BCUT2D eigenvalue weighted by molar-refractivity contribution is 5.65. The fourth-order valence-electron chi connectivity index (χ4n) is 3.00. The molecule has 15 heteroatoms. The van der Waals surface area contributed by atoms with Crippen LogP contribution in [0, 0.1) is 0 Å². The van der Waals surface area contributed by atoms with E-state index in [1.165, 1.54) is 24.5 Å². The van der Waals surface area contributed by atoms with Crippen LogP contribution in [0.25, 0.3) is 16.9 Å². The van der Waals surface area contributed by atoms with Crippen molar-refractivity contribution in [3.63, 3.8) is 0 Å². The molecule has 0 aliphatic heterocycles. The maximum absolute atomic E-state index is 13.0. The predicted molar refractivity (Wildman–Crippen MR) is 101 cm³/mol. The molecule has 0 spiro atoms. The van der Waals surface area contributed by atoms with Crippen LogP contribution in [0.15, 0.2) is 42.9 Å². The van der Waals surface area contributed by atoms with Crippen molar-refractivity contribution < 1.29 is 31.4 Å². The van der Waals surface area contributed by atoms with Gasteiger partial charge in [-0.3, -0.25) is 9.08 Å². The lowest BCUT2D eigenvalue weighted by atomic mass is 9.98. The van der Waals surface area contributed by atoms with Crippen LogP contribution in [-0.2, 0) is 13.5 Å². The van der Waals surface area contributed by atoms with E-state index in [1.807, 2.05) is 0 Å². The van der Waals surface area contributed by atoms with E-state index in [9.17, 15) is 31.4 Å². The Morgan fingerprint density at radius 2 is 1.73 bits per heavy atom. The van der Waals surface area contributed by atoms with Crippen molar-refractivity contribution >= 4 is 17.4 Å². The number of nitrogens with one attached hydrogen (secondary N) is 1. The highest BCUT2D eigenvalue weighted by atomic mass is 19.4. The summed E-state index contributed by atoms with van der Waals surface area (Å²) >= 11 is 0. The highest BCUT2D eigenvalue weighted by Gasteiger charge is 2.70. The number of anilines is 2. The van der Waals surface area contributed by atoms with Crippen LogP contribution < -0.4 is 5.32 Å². The Morgan fingerprint density at radius 3 is 2.36 bits per heavy atom. The molecule has 0 atom stereocenters. The minimum atomic E-state index is -5.96. The Bertz CT molecular complexity index is 1280. The average Bonchev–Trinajstić information content (AvgIpc) is 3.32. The number of fused-ring (bicyclic) bond motifs is 1. The number of pyridine rings is 1. The summed E-state index contributed by atoms with van der Waals surface area (Å²) < 4.78 is 80.6. The van der Waals surface area contributed by atoms with Gasteiger partial charge in [0.05, 0.1) is 18.3 Å². The third-order valence-electron chi connectivity index (χ3n) is 4.84. The first kappa shape index (κ1) is 22.4. The van der Waals surface area contributed by atoms with Crippen LogP contribution in [0.3, 0.4) is 0 Å². The Hall–Kier alpha value is -3.75. The summed E-state index contributed by atoms with van der Waals surface area (Å²) in [6, 6.07) is 6.05. The lowest BCUT2D eigenvalue weighted by Crippen LogP contribution is -2.58. The SMILES string of the molecule is Cn1nccc1Nc1nccc(-c2ccn3c(CC(O)(C(F)(F)F)C(F)(F)F)nnc3c2)n1. The number of hydrogen-bond acceptors (Lipinski definition) is 7. The van der Waals surface area contributed by atoms with Crippen molar-refractivity contribution in [3.05, 3.63) is 48.7 Å². The molecule has 0 saturated carbocycles. The van der Waals surface area contributed by atoms with E-state index in [0.717, 1.165) is 4.40 Å². The van der Waals surface area contributed by atoms with Gasteiger partial charge < -0.3 is 10.4 Å². The molecule has 9 nitrogen and oxygen atoms in total. The van der Waals surface area contributed by atoms with Crippen molar-refractivity contribution in [2.75, 3.05) is 5.32 Å². The van der Waals surface area contributed by atoms with E-state index >= 15 is 0 Å². The lowest BCUT2D eigenvalue weighted by molar-refractivity contribution is -0.367. The van der Waals surface area contributed by atoms with E-state index in [-0.39, 0.29) is 11.6 Å². The van der Waals surface area contributed by atoms with E-state index in [2.05, 4.69) is 30.6 Å². The third-order valence-corrected chi connectivity index (χ3v) is 4.84. The first-order valence-electron chi connectivity index (χ1n) is 9.17.